The fourth-order valence-corrected chi connectivity index (χ4v) is 2.25. The van der Waals surface area contributed by atoms with E-state index in [0.717, 1.165) is 12.1 Å². The number of hydrogen-bond donors (Lipinski definition) is 1. The standard InChI is InChI=1S/C17H21FN2/c1-13(17(19)15-8-10-16(18)11-9-15)20(2)12-14-6-4-3-5-7-14/h3-11,13,17H,12,19H2,1-2H3. The first-order chi connectivity index (χ1) is 9.58. The summed E-state index contributed by atoms with van der Waals surface area (Å²) in [4.78, 5) is 2.21. The van der Waals surface area contributed by atoms with Crippen molar-refractivity contribution < 1.29 is 4.39 Å². The van der Waals surface area contributed by atoms with Crippen molar-refractivity contribution in [3.8, 4) is 0 Å². The number of halogens is 1. The molecule has 2 unspecified atom stereocenters. The van der Waals surface area contributed by atoms with Crippen molar-refractivity contribution in [2.45, 2.75) is 25.6 Å². The Labute approximate surface area is 120 Å². The number of hydrogen-bond acceptors (Lipinski definition) is 2. The molecule has 0 aliphatic rings. The van der Waals surface area contributed by atoms with E-state index in [1.54, 1.807) is 12.1 Å². The second-order valence-electron chi connectivity index (χ2n) is 5.22. The van der Waals surface area contributed by atoms with Crippen LogP contribution in [0.2, 0.25) is 0 Å². The largest absolute Gasteiger partial charge is 0.323 e. The van der Waals surface area contributed by atoms with Crippen molar-refractivity contribution in [3.05, 3.63) is 71.5 Å². The first-order valence-electron chi connectivity index (χ1n) is 6.83. The van der Waals surface area contributed by atoms with Crippen molar-refractivity contribution in [1.29, 1.82) is 0 Å². The highest BCUT2D eigenvalue weighted by Gasteiger charge is 2.19. The molecule has 0 heterocycles. The average Bonchev–Trinajstić information content (AvgIpc) is 2.47. The lowest BCUT2D eigenvalue weighted by atomic mass is 10.00. The van der Waals surface area contributed by atoms with Crippen LogP contribution in [-0.2, 0) is 6.54 Å². The molecular formula is C17H21FN2. The third kappa shape index (κ3) is 3.65. The van der Waals surface area contributed by atoms with Crippen molar-refractivity contribution >= 4 is 0 Å². The summed E-state index contributed by atoms with van der Waals surface area (Å²) in [6.07, 6.45) is 0. The molecule has 0 aliphatic heterocycles. The average molecular weight is 272 g/mol. The van der Waals surface area contributed by atoms with Crippen molar-refractivity contribution in [3.63, 3.8) is 0 Å². The van der Waals surface area contributed by atoms with Crippen molar-refractivity contribution in [2.75, 3.05) is 7.05 Å². The summed E-state index contributed by atoms with van der Waals surface area (Å²) in [6, 6.07) is 16.8. The number of rotatable bonds is 5. The Morgan fingerprint density at radius 1 is 1.05 bits per heavy atom. The molecule has 0 aromatic heterocycles. The molecule has 2 atom stereocenters. The molecule has 106 valence electrons. The molecule has 0 saturated carbocycles. The second-order valence-corrected chi connectivity index (χ2v) is 5.22. The minimum atomic E-state index is -0.230. The first-order valence-corrected chi connectivity index (χ1v) is 6.83. The van der Waals surface area contributed by atoms with E-state index in [1.807, 2.05) is 18.2 Å². The van der Waals surface area contributed by atoms with E-state index in [9.17, 15) is 4.39 Å². The molecule has 0 saturated heterocycles. The molecule has 2 nitrogen and oxygen atoms in total. The summed E-state index contributed by atoms with van der Waals surface area (Å²) in [5.74, 6) is -0.230. The predicted molar refractivity (Wildman–Crippen MR) is 80.7 cm³/mol. The van der Waals surface area contributed by atoms with Crippen LogP contribution in [0.15, 0.2) is 54.6 Å². The van der Waals surface area contributed by atoms with Crippen LogP contribution in [0.25, 0.3) is 0 Å². The highest BCUT2D eigenvalue weighted by Crippen LogP contribution is 2.19. The van der Waals surface area contributed by atoms with Gasteiger partial charge in [-0.2, -0.15) is 0 Å². The molecule has 2 N–H and O–H groups in total. The summed E-state index contributed by atoms with van der Waals surface area (Å²) in [7, 11) is 2.06. The maximum Gasteiger partial charge on any atom is 0.123 e. The zero-order chi connectivity index (χ0) is 14.5. The number of nitrogens with zero attached hydrogens (tertiary/aromatic N) is 1. The van der Waals surface area contributed by atoms with Gasteiger partial charge in [0.05, 0.1) is 0 Å². The summed E-state index contributed by atoms with van der Waals surface area (Å²) in [5, 5.41) is 0. The smallest absolute Gasteiger partial charge is 0.123 e. The lowest BCUT2D eigenvalue weighted by molar-refractivity contribution is 0.219. The van der Waals surface area contributed by atoms with Gasteiger partial charge in [0.25, 0.3) is 0 Å². The van der Waals surface area contributed by atoms with Gasteiger partial charge in [-0.1, -0.05) is 42.5 Å². The topological polar surface area (TPSA) is 29.3 Å². The van der Waals surface area contributed by atoms with Gasteiger partial charge < -0.3 is 5.73 Å². The van der Waals surface area contributed by atoms with Gasteiger partial charge in [-0.15, -0.1) is 0 Å². The minimum absolute atomic E-state index is 0.135. The summed E-state index contributed by atoms with van der Waals surface area (Å²) in [5.41, 5.74) is 8.49. The quantitative estimate of drug-likeness (QED) is 0.904. The fraction of sp³-hybridized carbons (Fsp3) is 0.294. The number of benzene rings is 2. The fourth-order valence-electron chi connectivity index (χ4n) is 2.25. The highest BCUT2D eigenvalue weighted by atomic mass is 19.1. The van der Waals surface area contributed by atoms with Gasteiger partial charge in [0, 0.05) is 18.6 Å². The maximum atomic E-state index is 12.9. The highest BCUT2D eigenvalue weighted by molar-refractivity contribution is 5.21. The van der Waals surface area contributed by atoms with Gasteiger partial charge in [-0.3, -0.25) is 4.90 Å². The first kappa shape index (κ1) is 14.7. The van der Waals surface area contributed by atoms with E-state index in [2.05, 4.69) is 31.0 Å². The van der Waals surface area contributed by atoms with Gasteiger partial charge >= 0.3 is 0 Å². The van der Waals surface area contributed by atoms with Crippen LogP contribution >= 0.6 is 0 Å². The van der Waals surface area contributed by atoms with Crippen LogP contribution in [0.3, 0.4) is 0 Å². The van der Waals surface area contributed by atoms with Gasteiger partial charge in [0.2, 0.25) is 0 Å². The lowest BCUT2D eigenvalue weighted by Gasteiger charge is -2.30. The Kier molecular flexibility index (Phi) is 4.88. The molecule has 20 heavy (non-hydrogen) atoms. The van der Waals surface area contributed by atoms with Gasteiger partial charge in [-0.25, -0.2) is 4.39 Å². The molecule has 0 fully saturated rings. The summed E-state index contributed by atoms with van der Waals surface area (Å²) >= 11 is 0. The van der Waals surface area contributed by atoms with Crippen LogP contribution in [0.4, 0.5) is 4.39 Å². The Morgan fingerprint density at radius 2 is 1.65 bits per heavy atom. The van der Waals surface area contributed by atoms with Crippen LogP contribution in [-0.4, -0.2) is 18.0 Å². The zero-order valence-electron chi connectivity index (χ0n) is 12.0. The maximum absolute atomic E-state index is 12.9. The van der Waals surface area contributed by atoms with E-state index in [4.69, 9.17) is 5.73 Å². The van der Waals surface area contributed by atoms with E-state index in [1.165, 1.54) is 17.7 Å². The SMILES string of the molecule is CC(C(N)c1ccc(F)cc1)N(C)Cc1ccccc1. The molecule has 2 aromatic carbocycles. The molecule has 0 bridgehead atoms. The Hall–Kier alpha value is -1.71. The zero-order valence-corrected chi connectivity index (χ0v) is 12.0. The second kappa shape index (κ2) is 6.64. The molecule has 0 amide bonds. The minimum Gasteiger partial charge on any atom is -0.323 e. The Bertz CT molecular complexity index is 524. The molecular weight excluding hydrogens is 251 g/mol. The third-order valence-corrected chi connectivity index (χ3v) is 3.74. The molecule has 0 aliphatic carbocycles. The summed E-state index contributed by atoms with van der Waals surface area (Å²) < 4.78 is 12.9. The lowest BCUT2D eigenvalue weighted by Crippen LogP contribution is -2.37. The number of likely N-dealkylation sites (N-methyl/N-ethyl adjacent to an activating group) is 1. The van der Waals surface area contributed by atoms with Crippen LogP contribution in [0, 0.1) is 5.82 Å². The molecule has 2 rings (SSSR count). The van der Waals surface area contributed by atoms with Gasteiger partial charge in [-0.05, 0) is 37.2 Å². The van der Waals surface area contributed by atoms with Crippen LogP contribution in [0.1, 0.15) is 24.1 Å². The Balaban J connectivity index is 2.02. The normalized spacial score (nSPS) is 14.2. The van der Waals surface area contributed by atoms with E-state index < -0.39 is 0 Å². The molecule has 2 aromatic rings. The van der Waals surface area contributed by atoms with E-state index in [-0.39, 0.29) is 17.9 Å². The summed E-state index contributed by atoms with van der Waals surface area (Å²) in [6.45, 7) is 2.94. The van der Waals surface area contributed by atoms with Crippen LogP contribution < -0.4 is 5.73 Å². The number of nitrogens with two attached hydrogens (primary N) is 1. The predicted octanol–water partition coefficient (Wildman–Crippen LogP) is 3.35. The Morgan fingerprint density at radius 3 is 2.25 bits per heavy atom. The third-order valence-electron chi connectivity index (χ3n) is 3.74. The van der Waals surface area contributed by atoms with Gasteiger partial charge in [0.1, 0.15) is 5.82 Å². The molecule has 0 radical (unpaired) electrons. The monoisotopic (exact) mass is 272 g/mol. The van der Waals surface area contributed by atoms with E-state index >= 15 is 0 Å². The van der Waals surface area contributed by atoms with Crippen LogP contribution in [0.5, 0.6) is 0 Å². The van der Waals surface area contributed by atoms with Crippen molar-refractivity contribution in [1.82, 2.24) is 4.90 Å². The molecule has 3 heteroatoms. The molecule has 0 spiro atoms. The van der Waals surface area contributed by atoms with Crippen molar-refractivity contribution in [2.24, 2.45) is 5.73 Å². The van der Waals surface area contributed by atoms with Gasteiger partial charge in [0.15, 0.2) is 0 Å². The van der Waals surface area contributed by atoms with E-state index in [0.29, 0.717) is 0 Å².